The van der Waals surface area contributed by atoms with E-state index in [1.54, 1.807) is 24.3 Å². The van der Waals surface area contributed by atoms with Crippen molar-refractivity contribution >= 4 is 38.8 Å². The van der Waals surface area contributed by atoms with Gasteiger partial charge in [0.05, 0.1) is 0 Å². The number of ether oxygens (including phenoxy) is 4. The number of rotatable bonds is 6. The zero-order valence-corrected chi connectivity index (χ0v) is 17.7. The molecule has 2 rings (SSSR count). The summed E-state index contributed by atoms with van der Waals surface area (Å²) in [4.78, 5) is 46.1. The molecule has 0 radical (unpaired) electrons. The van der Waals surface area contributed by atoms with Crippen LogP contribution in [0.15, 0.2) is 30.3 Å². The van der Waals surface area contributed by atoms with Gasteiger partial charge < -0.3 is 0 Å². The molecular weight excluding hydrogens is 435 g/mol. The molecule has 8 nitrogen and oxygen atoms in total. The van der Waals surface area contributed by atoms with Crippen LogP contribution >= 0.6 is 0 Å². The Morgan fingerprint density at radius 1 is 0.786 bits per heavy atom. The van der Waals surface area contributed by atoms with Crippen molar-refractivity contribution < 1.29 is 38.1 Å². The third kappa shape index (κ3) is 5.81. The van der Waals surface area contributed by atoms with Crippen LogP contribution in [-0.4, -0.2) is 56.0 Å². The summed E-state index contributed by atoms with van der Waals surface area (Å²) in [5.41, 5.74) is 0.701. The van der Waals surface area contributed by atoms with Crippen LogP contribution in [0.5, 0.6) is 0 Å². The van der Waals surface area contributed by atoms with Crippen molar-refractivity contribution in [2.45, 2.75) is 55.8 Å². The van der Waals surface area contributed by atoms with Crippen molar-refractivity contribution in [3.05, 3.63) is 35.9 Å². The zero-order valence-electron chi connectivity index (χ0n) is 15.9. The van der Waals surface area contributed by atoms with E-state index in [1.165, 1.54) is 27.7 Å². The zero-order chi connectivity index (χ0) is 20.8. The first-order valence-corrected chi connectivity index (χ1v) is 10.6. The van der Waals surface area contributed by atoms with Crippen molar-refractivity contribution in [3.63, 3.8) is 0 Å². The van der Waals surface area contributed by atoms with Crippen molar-refractivity contribution in [2.75, 3.05) is 0 Å². The van der Waals surface area contributed by atoms with Crippen molar-refractivity contribution in [1.29, 1.82) is 0 Å². The second-order valence-electron chi connectivity index (χ2n) is 6.17. The summed E-state index contributed by atoms with van der Waals surface area (Å²) >= 11 is -0.512. The van der Waals surface area contributed by atoms with E-state index < -0.39 is 67.0 Å². The van der Waals surface area contributed by atoms with Gasteiger partial charge in [-0.1, -0.05) is 0 Å². The Hall–Kier alpha value is -2.38. The van der Waals surface area contributed by atoms with Crippen molar-refractivity contribution in [3.8, 4) is 0 Å². The molecule has 0 spiro atoms. The summed E-state index contributed by atoms with van der Waals surface area (Å²) in [5, 5.41) is -0.773. The SMILES string of the molecule is CC(=O)O[C@@H]1[C@H](OC(C)=O)[C@@H]([C@@H](OC(C)=O)c2ccccc2)[Se][C@@H]1OC(C)=O. The Morgan fingerprint density at radius 3 is 1.82 bits per heavy atom. The van der Waals surface area contributed by atoms with Crippen LogP contribution in [0, 0.1) is 0 Å². The van der Waals surface area contributed by atoms with Crippen LogP contribution in [0.3, 0.4) is 0 Å². The number of hydrogen-bond donors (Lipinski definition) is 0. The monoisotopic (exact) mass is 458 g/mol. The molecule has 0 aromatic heterocycles. The van der Waals surface area contributed by atoms with E-state index in [2.05, 4.69) is 0 Å². The van der Waals surface area contributed by atoms with Crippen molar-refractivity contribution in [1.82, 2.24) is 0 Å². The van der Waals surface area contributed by atoms with E-state index in [4.69, 9.17) is 18.9 Å². The average molecular weight is 457 g/mol. The topological polar surface area (TPSA) is 105 Å². The normalized spacial score (nSPS) is 24.7. The number of hydrogen-bond acceptors (Lipinski definition) is 8. The summed E-state index contributed by atoms with van der Waals surface area (Å²) in [6.07, 6.45) is -2.64. The molecule has 1 aromatic rings. The van der Waals surface area contributed by atoms with E-state index in [-0.39, 0.29) is 0 Å². The third-order valence-electron chi connectivity index (χ3n) is 3.81. The predicted octanol–water partition coefficient (Wildman–Crippen LogP) is 1.55. The van der Waals surface area contributed by atoms with Crippen molar-refractivity contribution in [2.24, 2.45) is 0 Å². The number of benzene rings is 1. The molecule has 1 fully saturated rings. The van der Waals surface area contributed by atoms with E-state index in [1.807, 2.05) is 6.07 Å². The summed E-state index contributed by atoms with van der Waals surface area (Å²) in [7, 11) is 0. The van der Waals surface area contributed by atoms with Crippen LogP contribution in [0.2, 0.25) is 4.82 Å². The minimum absolute atomic E-state index is 0.508. The molecule has 28 heavy (non-hydrogen) atoms. The molecule has 1 heterocycles. The second kappa shape index (κ2) is 9.70. The van der Waals surface area contributed by atoms with Gasteiger partial charge in [0, 0.05) is 0 Å². The number of esters is 4. The van der Waals surface area contributed by atoms with Gasteiger partial charge in [-0.15, -0.1) is 0 Å². The molecule has 0 amide bonds. The first-order chi connectivity index (χ1) is 13.2. The fourth-order valence-corrected chi connectivity index (χ4v) is 6.27. The Balaban J connectivity index is 2.45. The molecule has 5 atom stereocenters. The predicted molar refractivity (Wildman–Crippen MR) is 97.1 cm³/mol. The number of carbonyl (C=O) groups excluding carboxylic acids is 4. The molecule has 152 valence electrons. The Labute approximate surface area is 169 Å². The van der Waals surface area contributed by atoms with Gasteiger partial charge in [0.2, 0.25) is 0 Å². The average Bonchev–Trinajstić information content (AvgIpc) is 2.89. The first kappa shape index (κ1) is 21.9. The van der Waals surface area contributed by atoms with E-state index >= 15 is 0 Å². The van der Waals surface area contributed by atoms with Gasteiger partial charge in [0.15, 0.2) is 0 Å². The van der Waals surface area contributed by atoms with Crippen LogP contribution in [0.25, 0.3) is 0 Å². The van der Waals surface area contributed by atoms with E-state index in [9.17, 15) is 19.2 Å². The molecule has 1 aromatic carbocycles. The molecular formula is C19H22O8Se. The molecule has 0 N–H and O–H groups in total. The van der Waals surface area contributed by atoms with E-state index in [0.717, 1.165) is 0 Å². The first-order valence-electron chi connectivity index (χ1n) is 8.58. The van der Waals surface area contributed by atoms with Crippen LogP contribution in [-0.2, 0) is 38.1 Å². The Kier molecular flexibility index (Phi) is 7.60. The maximum atomic E-state index is 11.7. The molecule has 0 bridgehead atoms. The summed E-state index contributed by atoms with van der Waals surface area (Å²) in [5.74, 6) is -2.23. The summed E-state index contributed by atoms with van der Waals surface area (Å²) < 4.78 is 21.7. The van der Waals surface area contributed by atoms with Gasteiger partial charge in [0.1, 0.15) is 0 Å². The molecule has 0 aliphatic carbocycles. The molecule has 1 aliphatic heterocycles. The fraction of sp³-hybridized carbons (Fsp3) is 0.474. The van der Waals surface area contributed by atoms with Gasteiger partial charge in [-0.2, -0.15) is 0 Å². The molecule has 1 aliphatic rings. The standard InChI is InChI=1S/C19H22O8Se/c1-10(20)24-15(14-8-6-5-7-9-14)18-16(25-11(2)21)17(26-12(3)22)19(28-18)27-13(4)23/h5-9,15-19H,1-4H3/t15-,16-,17+,18+,19-/m0/s1. The van der Waals surface area contributed by atoms with Gasteiger partial charge >= 0.3 is 169 Å². The maximum absolute atomic E-state index is 11.7. The Bertz CT molecular complexity index is 735. The van der Waals surface area contributed by atoms with Crippen LogP contribution < -0.4 is 0 Å². The van der Waals surface area contributed by atoms with E-state index in [0.29, 0.717) is 5.56 Å². The quantitative estimate of drug-likeness (QED) is 0.360. The number of carbonyl (C=O) groups is 4. The van der Waals surface area contributed by atoms with Gasteiger partial charge in [-0.3, -0.25) is 0 Å². The molecule has 1 saturated heterocycles. The fourth-order valence-electron chi connectivity index (χ4n) is 2.94. The minimum atomic E-state index is -0.975. The molecule has 0 saturated carbocycles. The molecule has 9 heteroatoms. The van der Waals surface area contributed by atoms with Gasteiger partial charge in [-0.05, 0) is 0 Å². The van der Waals surface area contributed by atoms with Crippen LogP contribution in [0.1, 0.15) is 39.4 Å². The summed E-state index contributed by atoms with van der Waals surface area (Å²) in [6.45, 7) is 4.98. The van der Waals surface area contributed by atoms with Crippen LogP contribution in [0.4, 0.5) is 0 Å². The Morgan fingerprint density at radius 2 is 1.32 bits per heavy atom. The third-order valence-corrected chi connectivity index (χ3v) is 6.88. The second-order valence-corrected chi connectivity index (χ2v) is 8.86. The van der Waals surface area contributed by atoms with Gasteiger partial charge in [0.25, 0.3) is 0 Å². The summed E-state index contributed by atoms with van der Waals surface area (Å²) in [6, 6.07) is 8.98. The van der Waals surface area contributed by atoms with Gasteiger partial charge in [-0.25, -0.2) is 0 Å². The molecule has 0 unspecified atom stereocenters.